The molecule has 6 rings (SSSR count). The topological polar surface area (TPSA) is 141 Å². The summed E-state index contributed by atoms with van der Waals surface area (Å²) in [6.07, 6.45) is 11.2. The lowest BCUT2D eigenvalue weighted by molar-refractivity contribution is -0.956. The Kier molecular flexibility index (Phi) is 11.8. The molecule has 0 spiro atoms. The van der Waals surface area contributed by atoms with E-state index in [0.29, 0.717) is 40.4 Å². The molecule has 0 radical (unpaired) electrons. The first-order chi connectivity index (χ1) is 23.8. The van der Waals surface area contributed by atoms with Crippen molar-refractivity contribution in [2.75, 3.05) is 32.0 Å². The summed E-state index contributed by atoms with van der Waals surface area (Å²) in [7, 11) is 2.37. The molecule has 4 unspecified atom stereocenters. The van der Waals surface area contributed by atoms with Crippen LogP contribution >= 0.6 is 22.7 Å². The number of aliphatic hydroxyl groups excluding tert-OH is 1. The number of anilines is 1. The average Bonchev–Trinajstić information content (AvgIpc) is 3.40. The highest BCUT2D eigenvalue weighted by Crippen LogP contribution is 2.53. The number of quaternary nitrogens is 1. The number of epoxide rings is 1. The molecule has 0 saturated carbocycles. The van der Waals surface area contributed by atoms with Gasteiger partial charge >= 0.3 is 5.97 Å². The molecule has 2 aromatic heterocycles. The number of carbonyl (C=O) groups excluding carboxylic acids is 2. The second-order valence-corrected chi connectivity index (χ2v) is 15.9. The minimum atomic E-state index is -1.77. The minimum absolute atomic E-state index is 0.0296. The fraction of sp³-hybridized carbons (Fsp3) is 0.568. The SMILES string of the molecule is C[N+]1(CCCCCCCCCCNC[C@H](O)c2ccc(O)c(NC=O)c2)C2CC(OC(=O)C(O)(c3cccs3)c3cccs3)CC1C1OC12. The molecule has 3 aliphatic rings. The van der Waals surface area contributed by atoms with E-state index in [0.717, 1.165) is 43.3 Å². The molecular formula is C37H50N3O7S2+. The Labute approximate surface area is 296 Å². The molecule has 5 atom stereocenters. The highest BCUT2D eigenvalue weighted by atomic mass is 32.1. The van der Waals surface area contributed by atoms with Gasteiger partial charge in [0.05, 0.1) is 35.1 Å². The van der Waals surface area contributed by atoms with E-state index >= 15 is 0 Å². The molecular weight excluding hydrogens is 663 g/mol. The summed E-state index contributed by atoms with van der Waals surface area (Å²) in [5.74, 6) is -0.601. The Balaban J connectivity index is 0.851. The number of phenolic OH excluding ortho intramolecular Hbond substituents is 1. The fourth-order valence-electron chi connectivity index (χ4n) is 8.07. The molecule has 3 aromatic rings. The number of nitrogens with zero attached hydrogens (tertiary/aromatic N) is 1. The molecule has 1 amide bonds. The Morgan fingerprint density at radius 3 is 2.20 bits per heavy atom. The lowest BCUT2D eigenvalue weighted by atomic mass is 9.94. The third-order valence-corrected chi connectivity index (χ3v) is 12.8. The molecule has 1 aromatic carbocycles. The van der Waals surface area contributed by atoms with Crippen LogP contribution in [0.3, 0.4) is 0 Å². The zero-order chi connectivity index (χ0) is 34.4. The van der Waals surface area contributed by atoms with Gasteiger partial charge < -0.3 is 39.9 Å². The molecule has 266 valence electrons. The van der Waals surface area contributed by atoms with Crippen LogP contribution in [0.4, 0.5) is 5.69 Å². The highest BCUT2D eigenvalue weighted by Gasteiger charge is 2.72. The van der Waals surface area contributed by atoms with Gasteiger partial charge in [-0.05, 0) is 66.4 Å². The number of ether oxygens (including phenoxy) is 2. The van der Waals surface area contributed by atoms with Crippen LogP contribution in [0.15, 0.2) is 53.2 Å². The predicted molar refractivity (Wildman–Crippen MR) is 191 cm³/mol. The number of carbonyl (C=O) groups is 2. The number of phenols is 1. The molecule has 3 aliphatic heterocycles. The number of benzene rings is 1. The van der Waals surface area contributed by atoms with Crippen LogP contribution in [-0.4, -0.2) is 89.3 Å². The summed E-state index contributed by atoms with van der Waals surface area (Å²) in [5.41, 5.74) is -0.840. The second-order valence-electron chi connectivity index (χ2n) is 14.0. The van der Waals surface area contributed by atoms with Crippen molar-refractivity contribution in [3.8, 4) is 5.75 Å². The normalized spacial score (nSPS) is 26.2. The van der Waals surface area contributed by atoms with E-state index in [-0.39, 0.29) is 29.7 Å². The predicted octanol–water partition coefficient (Wildman–Crippen LogP) is 5.43. The van der Waals surface area contributed by atoms with Gasteiger partial charge in [-0.3, -0.25) is 4.79 Å². The third kappa shape index (κ3) is 7.90. The summed E-state index contributed by atoms with van der Waals surface area (Å²) in [6.45, 7) is 2.37. The van der Waals surface area contributed by atoms with Gasteiger partial charge in [0.1, 0.15) is 36.1 Å². The summed E-state index contributed by atoms with van der Waals surface area (Å²) in [6, 6.07) is 12.7. The second kappa shape index (κ2) is 16.0. The first kappa shape index (κ1) is 36.0. The molecule has 3 fully saturated rings. The number of thiophene rings is 2. The number of morpholine rings is 1. The van der Waals surface area contributed by atoms with Gasteiger partial charge in [0, 0.05) is 19.4 Å². The average molecular weight is 713 g/mol. The molecule has 5 N–H and O–H groups in total. The van der Waals surface area contributed by atoms with Crippen molar-refractivity contribution in [2.24, 2.45) is 0 Å². The van der Waals surface area contributed by atoms with Crippen molar-refractivity contribution in [3.63, 3.8) is 0 Å². The van der Waals surface area contributed by atoms with Crippen LogP contribution in [0, 0.1) is 0 Å². The summed E-state index contributed by atoms with van der Waals surface area (Å²) in [5, 5.41) is 41.4. The maximum atomic E-state index is 13.6. The third-order valence-electron chi connectivity index (χ3n) is 10.9. The minimum Gasteiger partial charge on any atom is -0.506 e. The van der Waals surface area contributed by atoms with E-state index in [4.69, 9.17) is 9.47 Å². The zero-order valence-corrected chi connectivity index (χ0v) is 29.8. The van der Waals surface area contributed by atoms with Gasteiger partial charge in [0.2, 0.25) is 12.0 Å². The fourth-order valence-corrected chi connectivity index (χ4v) is 9.79. The van der Waals surface area contributed by atoms with E-state index in [9.17, 15) is 24.9 Å². The first-order valence-corrected chi connectivity index (χ1v) is 19.4. The highest BCUT2D eigenvalue weighted by molar-refractivity contribution is 7.12. The van der Waals surface area contributed by atoms with Gasteiger partial charge in [-0.15, -0.1) is 22.7 Å². The number of rotatable bonds is 20. The standard InChI is InChI=1S/C37H49N3O7S2/c1-40(17-9-7-5-3-2-4-6-8-16-38-23-31(43)25-14-15-30(42)27(20-25)39-24-41)28-21-26(22-29(40)35-34(28)47-35)46-36(44)37(45,32-12-10-18-48-32)33-13-11-19-49-33/h10-15,18-20,24,26,28-29,31,34-35,38,43,45H,2-9,16-17,21-23H2,1H3,(H-,39,41,42)/p+1/t26?,28?,29?,31-,34?,35?,40?/m0/s1. The van der Waals surface area contributed by atoms with Crippen LogP contribution < -0.4 is 10.6 Å². The quantitative estimate of drug-likeness (QED) is 0.0261. The van der Waals surface area contributed by atoms with Crippen molar-refractivity contribution < 1.29 is 38.9 Å². The smallest absolute Gasteiger partial charge is 0.349 e. The lowest BCUT2D eigenvalue weighted by Crippen LogP contribution is -2.63. The van der Waals surface area contributed by atoms with E-state index in [1.165, 1.54) is 67.3 Å². The van der Waals surface area contributed by atoms with Gasteiger partial charge in [0.15, 0.2) is 0 Å². The summed E-state index contributed by atoms with van der Waals surface area (Å²) >= 11 is 2.74. The van der Waals surface area contributed by atoms with Gasteiger partial charge in [0.25, 0.3) is 0 Å². The molecule has 3 saturated heterocycles. The summed E-state index contributed by atoms with van der Waals surface area (Å²) in [4.78, 5) is 25.5. The number of likely N-dealkylation sites (N-methyl/N-ethyl adjacent to an activating group) is 1. The monoisotopic (exact) mass is 712 g/mol. The van der Waals surface area contributed by atoms with Crippen molar-refractivity contribution in [2.45, 2.75) is 106 Å². The molecule has 12 heteroatoms. The van der Waals surface area contributed by atoms with Crippen LogP contribution in [0.1, 0.15) is 85.6 Å². The van der Waals surface area contributed by atoms with Crippen LogP contribution in [0.25, 0.3) is 0 Å². The Bertz CT molecular complexity index is 1470. The van der Waals surface area contributed by atoms with Crippen molar-refractivity contribution in [1.82, 2.24) is 5.32 Å². The first-order valence-electron chi connectivity index (χ1n) is 17.7. The number of hydrogen-bond acceptors (Lipinski definition) is 10. The number of nitrogens with one attached hydrogen (secondary N) is 2. The van der Waals surface area contributed by atoms with Gasteiger partial charge in [-0.2, -0.15) is 0 Å². The lowest BCUT2D eigenvalue weighted by Gasteiger charge is -2.48. The number of aliphatic hydroxyl groups is 2. The van der Waals surface area contributed by atoms with Crippen LogP contribution in [-0.2, 0) is 24.7 Å². The number of piperidine rings is 1. The maximum Gasteiger partial charge on any atom is 0.349 e. The van der Waals surface area contributed by atoms with E-state index in [2.05, 4.69) is 17.7 Å². The largest absolute Gasteiger partial charge is 0.506 e. The molecule has 49 heavy (non-hydrogen) atoms. The Hall–Kier alpha value is -2.84. The molecule has 2 bridgehead atoms. The number of hydrogen-bond donors (Lipinski definition) is 5. The number of unbranched alkanes of at least 4 members (excludes halogenated alkanes) is 7. The zero-order valence-electron chi connectivity index (χ0n) is 28.2. The number of amides is 1. The maximum absolute atomic E-state index is 13.6. The number of aromatic hydroxyl groups is 1. The number of esters is 1. The van der Waals surface area contributed by atoms with Crippen molar-refractivity contribution in [1.29, 1.82) is 0 Å². The molecule has 0 aliphatic carbocycles. The van der Waals surface area contributed by atoms with Crippen molar-refractivity contribution in [3.05, 3.63) is 68.5 Å². The summed E-state index contributed by atoms with van der Waals surface area (Å²) < 4.78 is 13.2. The molecule has 5 heterocycles. The molecule has 10 nitrogen and oxygen atoms in total. The Morgan fingerprint density at radius 1 is 1.00 bits per heavy atom. The van der Waals surface area contributed by atoms with E-state index < -0.39 is 17.7 Å². The number of fused-ring (bicyclic) bond motifs is 5. The van der Waals surface area contributed by atoms with Gasteiger partial charge in [-0.25, -0.2) is 4.79 Å². The van der Waals surface area contributed by atoms with Crippen LogP contribution in [0.2, 0.25) is 0 Å². The van der Waals surface area contributed by atoms with Gasteiger partial charge in [-0.1, -0.05) is 50.3 Å². The van der Waals surface area contributed by atoms with E-state index in [1.807, 2.05) is 22.9 Å². The van der Waals surface area contributed by atoms with Crippen LogP contribution in [0.5, 0.6) is 5.75 Å². The Morgan fingerprint density at radius 2 is 1.61 bits per heavy atom. The van der Waals surface area contributed by atoms with Crippen molar-refractivity contribution >= 4 is 40.7 Å². The van der Waals surface area contributed by atoms with E-state index in [1.54, 1.807) is 24.3 Å².